The summed E-state index contributed by atoms with van der Waals surface area (Å²) in [6.45, 7) is 3.94. The third kappa shape index (κ3) is 3.94. The Kier molecular flexibility index (Phi) is 5.33. The molecule has 0 bridgehead atoms. The Morgan fingerprint density at radius 1 is 1.47 bits per heavy atom. The van der Waals surface area contributed by atoms with E-state index in [1.165, 1.54) is 11.2 Å². The van der Waals surface area contributed by atoms with E-state index in [0.29, 0.717) is 18.7 Å². The number of nitrogens with two attached hydrogens (primary N) is 1. The first-order chi connectivity index (χ1) is 8.91. The van der Waals surface area contributed by atoms with Gasteiger partial charge in [-0.25, -0.2) is 8.42 Å². The van der Waals surface area contributed by atoms with E-state index in [9.17, 15) is 8.42 Å². The van der Waals surface area contributed by atoms with Crippen molar-refractivity contribution in [3.8, 4) is 6.07 Å². The zero-order valence-electron chi connectivity index (χ0n) is 11.2. The lowest BCUT2D eigenvalue weighted by Crippen LogP contribution is -2.37. The van der Waals surface area contributed by atoms with Crippen LogP contribution in [0.2, 0.25) is 0 Å². The molecule has 0 aromatic heterocycles. The molecule has 0 aliphatic heterocycles. The van der Waals surface area contributed by atoms with Crippen molar-refractivity contribution in [3.05, 3.63) is 29.8 Å². The lowest BCUT2D eigenvalue weighted by molar-refractivity contribution is 0.403. The Morgan fingerprint density at radius 3 is 2.68 bits per heavy atom. The highest BCUT2D eigenvalue weighted by Gasteiger charge is 2.28. The van der Waals surface area contributed by atoms with Gasteiger partial charge in [-0.05, 0) is 31.0 Å². The van der Waals surface area contributed by atoms with Crippen molar-refractivity contribution in [2.24, 2.45) is 0 Å². The molecule has 0 radical (unpaired) electrons. The molecular weight excluding hydrogens is 262 g/mol. The van der Waals surface area contributed by atoms with Crippen LogP contribution in [0.1, 0.15) is 25.8 Å². The van der Waals surface area contributed by atoms with Gasteiger partial charge in [0.2, 0.25) is 10.0 Å². The second kappa shape index (κ2) is 6.55. The summed E-state index contributed by atoms with van der Waals surface area (Å²) in [5.41, 5.74) is 7.10. The fraction of sp³-hybridized carbons (Fsp3) is 0.462. The number of hydrogen-bond acceptors (Lipinski definition) is 4. The van der Waals surface area contributed by atoms with E-state index >= 15 is 0 Å². The number of nitrogen functional groups attached to an aromatic ring is 1. The van der Waals surface area contributed by atoms with Crippen molar-refractivity contribution in [2.75, 3.05) is 12.3 Å². The molecule has 0 fully saturated rings. The zero-order chi connectivity index (χ0) is 14.5. The van der Waals surface area contributed by atoms with Crippen LogP contribution in [-0.2, 0) is 16.6 Å². The van der Waals surface area contributed by atoms with Gasteiger partial charge in [0.15, 0.2) is 5.25 Å². The number of anilines is 1. The second-order valence-electron chi connectivity index (χ2n) is 4.39. The molecule has 0 aliphatic rings. The van der Waals surface area contributed by atoms with Crippen LogP contribution in [0, 0.1) is 11.3 Å². The van der Waals surface area contributed by atoms with Gasteiger partial charge in [-0.2, -0.15) is 9.57 Å². The van der Waals surface area contributed by atoms with Crippen molar-refractivity contribution in [3.63, 3.8) is 0 Å². The first kappa shape index (κ1) is 15.5. The van der Waals surface area contributed by atoms with E-state index < -0.39 is 15.3 Å². The van der Waals surface area contributed by atoms with Gasteiger partial charge in [-0.3, -0.25) is 0 Å². The SMILES string of the molecule is CCCN(Cc1cccc(N)c1)S(=O)(=O)C(C)C#N. The largest absolute Gasteiger partial charge is 0.399 e. The molecule has 1 aromatic carbocycles. The van der Waals surface area contributed by atoms with E-state index in [4.69, 9.17) is 11.0 Å². The van der Waals surface area contributed by atoms with Crippen LogP contribution in [0.25, 0.3) is 0 Å². The average molecular weight is 281 g/mol. The minimum absolute atomic E-state index is 0.243. The van der Waals surface area contributed by atoms with Crippen LogP contribution in [0.3, 0.4) is 0 Å². The fourth-order valence-electron chi connectivity index (χ4n) is 1.73. The third-order valence-electron chi connectivity index (χ3n) is 2.77. The van der Waals surface area contributed by atoms with Crippen molar-refractivity contribution < 1.29 is 8.42 Å². The van der Waals surface area contributed by atoms with E-state index in [1.54, 1.807) is 24.3 Å². The summed E-state index contributed by atoms with van der Waals surface area (Å²) < 4.78 is 25.8. The smallest absolute Gasteiger partial charge is 0.230 e. The molecule has 0 saturated carbocycles. The maximum atomic E-state index is 12.2. The number of nitrogens with zero attached hydrogens (tertiary/aromatic N) is 2. The molecular formula is C13H19N3O2S. The van der Waals surface area contributed by atoms with Gasteiger partial charge in [-0.1, -0.05) is 19.1 Å². The molecule has 2 N–H and O–H groups in total. The Balaban J connectivity index is 3.00. The minimum Gasteiger partial charge on any atom is -0.399 e. The first-order valence-electron chi connectivity index (χ1n) is 6.14. The molecule has 1 unspecified atom stereocenters. The lowest BCUT2D eigenvalue weighted by atomic mass is 10.2. The topological polar surface area (TPSA) is 87.2 Å². The summed E-state index contributed by atoms with van der Waals surface area (Å²) in [6.07, 6.45) is 0.694. The highest BCUT2D eigenvalue weighted by atomic mass is 32.2. The predicted octanol–water partition coefficient (Wildman–Crippen LogP) is 1.72. The number of rotatable bonds is 6. The van der Waals surface area contributed by atoms with Crippen molar-refractivity contribution >= 4 is 15.7 Å². The molecule has 5 nitrogen and oxygen atoms in total. The first-order valence-corrected chi connectivity index (χ1v) is 7.65. The number of benzene rings is 1. The highest BCUT2D eigenvalue weighted by molar-refractivity contribution is 7.89. The van der Waals surface area contributed by atoms with Crippen molar-refractivity contribution in [1.29, 1.82) is 5.26 Å². The molecule has 1 rings (SSSR count). The summed E-state index contributed by atoms with van der Waals surface area (Å²) in [5.74, 6) is 0. The molecule has 19 heavy (non-hydrogen) atoms. The van der Waals surface area contributed by atoms with Crippen LogP contribution in [0.4, 0.5) is 5.69 Å². The third-order valence-corrected chi connectivity index (χ3v) is 4.80. The Hall–Kier alpha value is -1.58. The molecule has 1 aromatic rings. The van der Waals surface area contributed by atoms with Gasteiger partial charge < -0.3 is 5.73 Å². The van der Waals surface area contributed by atoms with Crippen LogP contribution in [0.5, 0.6) is 0 Å². The van der Waals surface area contributed by atoms with Crippen molar-refractivity contribution in [1.82, 2.24) is 4.31 Å². The molecule has 6 heteroatoms. The standard InChI is InChI=1S/C13H19N3O2S/c1-3-7-16(19(17,18)11(2)9-14)10-12-5-4-6-13(15)8-12/h4-6,8,11H,3,7,10,15H2,1-2H3. The van der Waals surface area contributed by atoms with Gasteiger partial charge in [0.05, 0.1) is 6.07 Å². The zero-order valence-corrected chi connectivity index (χ0v) is 12.0. The highest BCUT2D eigenvalue weighted by Crippen LogP contribution is 2.16. The maximum Gasteiger partial charge on any atom is 0.230 e. The van der Waals surface area contributed by atoms with Crippen LogP contribution in [0.15, 0.2) is 24.3 Å². The monoisotopic (exact) mass is 281 g/mol. The quantitative estimate of drug-likeness (QED) is 0.804. The summed E-state index contributed by atoms with van der Waals surface area (Å²) in [5, 5.41) is 7.78. The molecule has 0 amide bonds. The summed E-state index contributed by atoms with van der Waals surface area (Å²) in [4.78, 5) is 0. The average Bonchev–Trinajstić information content (AvgIpc) is 2.37. The number of sulfonamides is 1. The number of nitriles is 1. The molecule has 1 atom stereocenters. The minimum atomic E-state index is -3.59. The van der Waals surface area contributed by atoms with E-state index in [-0.39, 0.29) is 6.54 Å². The summed E-state index contributed by atoms with van der Waals surface area (Å²) in [7, 11) is -3.59. The fourth-order valence-corrected chi connectivity index (χ4v) is 3.08. The molecule has 0 saturated heterocycles. The molecule has 0 spiro atoms. The van der Waals surface area contributed by atoms with Crippen LogP contribution < -0.4 is 5.73 Å². The Bertz CT molecular complexity index is 563. The van der Waals surface area contributed by atoms with Gasteiger partial charge in [0, 0.05) is 18.8 Å². The van der Waals surface area contributed by atoms with E-state index in [1.807, 2.05) is 13.0 Å². The van der Waals surface area contributed by atoms with Crippen LogP contribution >= 0.6 is 0 Å². The lowest BCUT2D eigenvalue weighted by Gasteiger charge is -2.23. The normalized spacial score (nSPS) is 13.2. The Morgan fingerprint density at radius 2 is 2.16 bits per heavy atom. The summed E-state index contributed by atoms with van der Waals surface area (Å²) in [6, 6.07) is 8.89. The number of hydrogen-bond donors (Lipinski definition) is 1. The van der Waals surface area contributed by atoms with Gasteiger partial charge in [-0.15, -0.1) is 0 Å². The predicted molar refractivity (Wildman–Crippen MR) is 75.6 cm³/mol. The van der Waals surface area contributed by atoms with Gasteiger partial charge in [0.25, 0.3) is 0 Å². The van der Waals surface area contributed by atoms with Crippen molar-refractivity contribution in [2.45, 2.75) is 32.1 Å². The molecule has 104 valence electrons. The second-order valence-corrected chi connectivity index (χ2v) is 6.65. The van der Waals surface area contributed by atoms with Gasteiger partial charge in [0.1, 0.15) is 0 Å². The maximum absolute atomic E-state index is 12.2. The Labute approximate surface area is 114 Å². The van der Waals surface area contributed by atoms with E-state index in [2.05, 4.69) is 0 Å². The van der Waals surface area contributed by atoms with Gasteiger partial charge >= 0.3 is 0 Å². The van der Waals surface area contributed by atoms with E-state index in [0.717, 1.165) is 5.56 Å². The molecule has 0 heterocycles. The summed E-state index contributed by atoms with van der Waals surface area (Å²) >= 11 is 0. The van der Waals surface area contributed by atoms with Crippen LogP contribution in [-0.4, -0.2) is 24.5 Å². The molecule has 0 aliphatic carbocycles.